The first-order chi connectivity index (χ1) is 8.74. The number of aliphatic hydroxyl groups excluding tert-OH is 1. The zero-order valence-electron chi connectivity index (χ0n) is 10.5. The van der Waals surface area contributed by atoms with Gasteiger partial charge in [0.05, 0.1) is 22.9 Å². The third-order valence-corrected chi connectivity index (χ3v) is 4.13. The monoisotopic (exact) mass is 265 g/mol. The number of imidazole rings is 1. The Morgan fingerprint density at radius 1 is 1.44 bits per heavy atom. The predicted molar refractivity (Wildman–Crippen MR) is 75.7 cm³/mol. The molecular formula is C13H19N3OS. The molecule has 1 aromatic heterocycles. The number of benzene rings is 1. The maximum atomic E-state index is 9.42. The first-order valence-electron chi connectivity index (χ1n) is 6.22. The normalized spacial score (nSPS) is 14.8. The van der Waals surface area contributed by atoms with Crippen molar-refractivity contribution in [3.63, 3.8) is 0 Å². The van der Waals surface area contributed by atoms with Gasteiger partial charge in [0.1, 0.15) is 0 Å². The van der Waals surface area contributed by atoms with E-state index in [-0.39, 0.29) is 17.9 Å². The van der Waals surface area contributed by atoms with Gasteiger partial charge in [-0.1, -0.05) is 37.2 Å². The van der Waals surface area contributed by atoms with E-state index < -0.39 is 0 Å². The van der Waals surface area contributed by atoms with Crippen molar-refractivity contribution in [2.24, 2.45) is 5.73 Å². The quantitative estimate of drug-likeness (QED) is 0.700. The molecule has 0 bridgehead atoms. The second-order valence-corrected chi connectivity index (χ2v) is 5.58. The van der Waals surface area contributed by atoms with Crippen LogP contribution in [0.2, 0.25) is 0 Å². The van der Waals surface area contributed by atoms with Crippen LogP contribution >= 0.6 is 11.8 Å². The van der Waals surface area contributed by atoms with Crippen molar-refractivity contribution in [2.75, 3.05) is 6.61 Å². The Morgan fingerprint density at radius 3 is 2.89 bits per heavy atom. The minimum Gasteiger partial charge on any atom is -0.395 e. The van der Waals surface area contributed by atoms with Crippen LogP contribution in [-0.2, 0) is 0 Å². The predicted octanol–water partition coefficient (Wildman–Crippen LogP) is 2.14. The lowest BCUT2D eigenvalue weighted by Crippen LogP contribution is -2.34. The van der Waals surface area contributed by atoms with Gasteiger partial charge in [-0.25, -0.2) is 4.98 Å². The van der Waals surface area contributed by atoms with E-state index in [1.54, 1.807) is 0 Å². The summed E-state index contributed by atoms with van der Waals surface area (Å²) in [4.78, 5) is 7.73. The second-order valence-electron chi connectivity index (χ2n) is 4.35. The lowest BCUT2D eigenvalue weighted by Gasteiger charge is -2.19. The summed E-state index contributed by atoms with van der Waals surface area (Å²) in [6, 6.07) is 7.89. The number of fused-ring (bicyclic) bond motifs is 1. The van der Waals surface area contributed by atoms with Crippen molar-refractivity contribution in [3.8, 4) is 0 Å². The Labute approximate surface area is 111 Å². The van der Waals surface area contributed by atoms with Crippen molar-refractivity contribution in [3.05, 3.63) is 24.3 Å². The van der Waals surface area contributed by atoms with Gasteiger partial charge in [-0.3, -0.25) is 0 Å². The molecule has 0 radical (unpaired) electrons. The van der Waals surface area contributed by atoms with Gasteiger partial charge in [0.2, 0.25) is 0 Å². The number of nitrogens with one attached hydrogen (secondary N) is 1. The van der Waals surface area contributed by atoms with Crippen LogP contribution in [0, 0.1) is 0 Å². The van der Waals surface area contributed by atoms with Gasteiger partial charge in [-0.2, -0.15) is 0 Å². The molecule has 5 heteroatoms. The van der Waals surface area contributed by atoms with Crippen molar-refractivity contribution in [1.29, 1.82) is 0 Å². The summed E-state index contributed by atoms with van der Waals surface area (Å²) in [7, 11) is 0. The lowest BCUT2D eigenvalue weighted by atomic mass is 10.1. The second kappa shape index (κ2) is 6.22. The van der Waals surface area contributed by atoms with Crippen LogP contribution in [-0.4, -0.2) is 33.0 Å². The maximum Gasteiger partial charge on any atom is 0.166 e. The van der Waals surface area contributed by atoms with Gasteiger partial charge in [0.25, 0.3) is 0 Å². The van der Waals surface area contributed by atoms with Crippen LogP contribution in [0.4, 0.5) is 0 Å². The van der Waals surface area contributed by atoms with Gasteiger partial charge < -0.3 is 15.8 Å². The molecule has 0 spiro atoms. The molecule has 0 saturated heterocycles. The summed E-state index contributed by atoms with van der Waals surface area (Å²) in [6.45, 7) is 2.17. The van der Waals surface area contributed by atoms with Crippen molar-refractivity contribution >= 4 is 22.8 Å². The van der Waals surface area contributed by atoms with E-state index in [0.717, 1.165) is 29.0 Å². The number of aromatic amines is 1. The van der Waals surface area contributed by atoms with E-state index in [1.165, 1.54) is 11.8 Å². The number of hydrogen-bond donors (Lipinski definition) is 3. The summed E-state index contributed by atoms with van der Waals surface area (Å²) in [6.07, 6.45) is 1.94. The third kappa shape index (κ3) is 3.04. The molecule has 0 amide bonds. The standard InChI is InChI=1S/C13H19N3OS/c1-2-5-9(14)12(8-17)18-13-15-10-6-3-4-7-11(10)16-13/h3-4,6-7,9,12,17H,2,5,8,14H2,1H3,(H,15,16). The van der Waals surface area contributed by atoms with E-state index in [0.29, 0.717) is 0 Å². The number of hydrogen-bond acceptors (Lipinski definition) is 4. The molecule has 0 aliphatic carbocycles. The van der Waals surface area contributed by atoms with Crippen LogP contribution in [0.25, 0.3) is 11.0 Å². The van der Waals surface area contributed by atoms with Gasteiger partial charge in [0.15, 0.2) is 5.16 Å². The summed E-state index contributed by atoms with van der Waals surface area (Å²) in [5, 5.41) is 10.2. The Kier molecular flexibility index (Phi) is 4.63. The smallest absolute Gasteiger partial charge is 0.166 e. The fourth-order valence-corrected chi connectivity index (χ4v) is 2.90. The molecule has 2 rings (SSSR count). The molecule has 18 heavy (non-hydrogen) atoms. The summed E-state index contributed by atoms with van der Waals surface area (Å²) < 4.78 is 0. The van der Waals surface area contributed by atoms with Crippen LogP contribution in [0.3, 0.4) is 0 Å². The number of rotatable bonds is 6. The average Bonchev–Trinajstić information content (AvgIpc) is 2.78. The number of H-pyrrole nitrogens is 1. The molecule has 4 N–H and O–H groups in total. The highest BCUT2D eigenvalue weighted by molar-refractivity contribution is 7.99. The van der Waals surface area contributed by atoms with E-state index in [9.17, 15) is 5.11 Å². The Morgan fingerprint density at radius 2 is 2.22 bits per heavy atom. The molecule has 1 heterocycles. The molecule has 2 atom stereocenters. The highest BCUT2D eigenvalue weighted by atomic mass is 32.2. The Balaban J connectivity index is 2.11. The molecule has 0 aliphatic heterocycles. The number of para-hydroxylation sites is 2. The molecular weight excluding hydrogens is 246 g/mol. The van der Waals surface area contributed by atoms with Crippen molar-refractivity contribution in [2.45, 2.75) is 36.2 Å². The number of nitrogens with zero attached hydrogens (tertiary/aromatic N) is 1. The van der Waals surface area contributed by atoms with Gasteiger partial charge in [0, 0.05) is 6.04 Å². The first kappa shape index (κ1) is 13.4. The zero-order valence-corrected chi connectivity index (χ0v) is 11.3. The van der Waals surface area contributed by atoms with E-state index in [2.05, 4.69) is 16.9 Å². The fourth-order valence-electron chi connectivity index (χ4n) is 1.91. The lowest BCUT2D eigenvalue weighted by molar-refractivity contribution is 0.279. The average molecular weight is 265 g/mol. The minimum atomic E-state index is -0.00878. The summed E-state index contributed by atoms with van der Waals surface area (Å²) in [5.41, 5.74) is 8.02. The SMILES string of the molecule is CCCC(N)C(CO)Sc1nc2ccccc2[nH]1. The number of aliphatic hydroxyl groups is 1. The molecule has 2 aromatic rings. The number of nitrogens with two attached hydrogens (primary N) is 1. The van der Waals surface area contributed by atoms with Crippen molar-refractivity contribution < 1.29 is 5.11 Å². The molecule has 4 nitrogen and oxygen atoms in total. The molecule has 2 unspecified atom stereocenters. The van der Waals surface area contributed by atoms with Crippen LogP contribution in [0.5, 0.6) is 0 Å². The minimum absolute atomic E-state index is 0.00166. The van der Waals surface area contributed by atoms with Gasteiger partial charge in [-0.05, 0) is 18.6 Å². The Hall–Kier alpha value is -1.04. The highest BCUT2D eigenvalue weighted by Crippen LogP contribution is 2.25. The van der Waals surface area contributed by atoms with Gasteiger partial charge in [-0.15, -0.1) is 0 Å². The van der Waals surface area contributed by atoms with Crippen LogP contribution in [0.1, 0.15) is 19.8 Å². The first-order valence-corrected chi connectivity index (χ1v) is 7.10. The summed E-state index contributed by atoms with van der Waals surface area (Å²) >= 11 is 1.52. The van der Waals surface area contributed by atoms with Gasteiger partial charge >= 0.3 is 0 Å². The molecule has 1 aromatic carbocycles. The Bertz CT molecular complexity index is 467. The number of thioether (sulfide) groups is 1. The van der Waals surface area contributed by atoms with E-state index in [4.69, 9.17) is 5.73 Å². The number of aromatic nitrogens is 2. The molecule has 0 saturated carbocycles. The molecule has 98 valence electrons. The molecule has 0 aliphatic rings. The topological polar surface area (TPSA) is 74.9 Å². The summed E-state index contributed by atoms with van der Waals surface area (Å²) in [5.74, 6) is 0. The van der Waals surface area contributed by atoms with E-state index in [1.807, 2.05) is 24.3 Å². The fraction of sp³-hybridized carbons (Fsp3) is 0.462. The van der Waals surface area contributed by atoms with Crippen LogP contribution < -0.4 is 5.73 Å². The maximum absolute atomic E-state index is 9.42. The largest absolute Gasteiger partial charge is 0.395 e. The van der Waals surface area contributed by atoms with Crippen molar-refractivity contribution in [1.82, 2.24) is 9.97 Å². The van der Waals surface area contributed by atoms with E-state index >= 15 is 0 Å². The zero-order chi connectivity index (χ0) is 13.0. The highest BCUT2D eigenvalue weighted by Gasteiger charge is 2.19. The molecule has 0 fully saturated rings. The third-order valence-electron chi connectivity index (χ3n) is 2.91. The van der Waals surface area contributed by atoms with Crippen LogP contribution in [0.15, 0.2) is 29.4 Å².